The molecule has 3 heteroatoms. The third-order valence-corrected chi connectivity index (χ3v) is 3.75. The van der Waals surface area contributed by atoms with E-state index in [1.54, 1.807) is 7.11 Å². The Kier molecular flexibility index (Phi) is 2.70. The molecule has 2 nitrogen and oxygen atoms in total. The van der Waals surface area contributed by atoms with Gasteiger partial charge in [-0.25, -0.2) is 0 Å². The molecule has 1 aromatic rings. The van der Waals surface area contributed by atoms with E-state index in [4.69, 9.17) is 4.74 Å². The highest BCUT2D eigenvalue weighted by Gasteiger charge is 2.35. The molecular weight excluding hydrogens is 194 g/mol. The summed E-state index contributed by atoms with van der Waals surface area (Å²) in [5.41, 5.74) is 2.67. The zero-order valence-electron chi connectivity index (χ0n) is 8.73. The molecule has 1 heterocycles. The SMILES string of the molecule is COC1C(SC)c2ccccc2N1C. The lowest BCUT2D eigenvalue weighted by molar-refractivity contribution is 0.109. The molecule has 2 atom stereocenters. The van der Waals surface area contributed by atoms with Gasteiger partial charge in [0.2, 0.25) is 0 Å². The van der Waals surface area contributed by atoms with Gasteiger partial charge in [-0.1, -0.05) is 18.2 Å². The molecule has 14 heavy (non-hydrogen) atoms. The minimum Gasteiger partial charge on any atom is -0.360 e. The monoisotopic (exact) mass is 209 g/mol. The number of rotatable bonds is 2. The predicted molar refractivity (Wildman–Crippen MR) is 61.9 cm³/mol. The summed E-state index contributed by atoms with van der Waals surface area (Å²) in [7, 11) is 3.86. The maximum atomic E-state index is 5.51. The summed E-state index contributed by atoms with van der Waals surface area (Å²) in [5.74, 6) is 0. The first-order chi connectivity index (χ1) is 6.79. The molecule has 1 aliphatic rings. The molecule has 0 radical (unpaired) electrons. The number of likely N-dealkylation sites (N-methyl/N-ethyl adjacent to an activating group) is 1. The van der Waals surface area contributed by atoms with E-state index in [0.717, 1.165) is 0 Å². The van der Waals surface area contributed by atoms with Gasteiger partial charge >= 0.3 is 0 Å². The fraction of sp³-hybridized carbons (Fsp3) is 0.455. The number of hydrogen-bond acceptors (Lipinski definition) is 3. The van der Waals surface area contributed by atoms with Crippen LogP contribution in [0.25, 0.3) is 0 Å². The molecule has 2 rings (SSSR count). The summed E-state index contributed by atoms with van der Waals surface area (Å²) in [4.78, 5) is 2.20. The third kappa shape index (κ3) is 1.31. The lowest BCUT2D eigenvalue weighted by Gasteiger charge is -2.24. The highest BCUT2D eigenvalue weighted by atomic mass is 32.2. The Labute approximate surface area is 89.2 Å². The van der Waals surface area contributed by atoms with Gasteiger partial charge in [0, 0.05) is 19.8 Å². The second kappa shape index (κ2) is 3.83. The molecule has 0 amide bonds. The molecule has 0 N–H and O–H groups in total. The number of ether oxygens (including phenoxy) is 1. The van der Waals surface area contributed by atoms with E-state index in [-0.39, 0.29) is 6.23 Å². The highest BCUT2D eigenvalue weighted by molar-refractivity contribution is 7.98. The van der Waals surface area contributed by atoms with E-state index in [9.17, 15) is 0 Å². The summed E-state index contributed by atoms with van der Waals surface area (Å²) in [6.45, 7) is 0. The van der Waals surface area contributed by atoms with Crippen LogP contribution in [0.3, 0.4) is 0 Å². The summed E-state index contributed by atoms with van der Waals surface area (Å²) in [5, 5.41) is 0.432. The van der Waals surface area contributed by atoms with Gasteiger partial charge in [-0.15, -0.1) is 0 Å². The number of methoxy groups -OCH3 is 1. The van der Waals surface area contributed by atoms with E-state index in [1.807, 2.05) is 11.8 Å². The Balaban J connectivity index is 2.43. The fourth-order valence-electron chi connectivity index (χ4n) is 2.07. The highest BCUT2D eigenvalue weighted by Crippen LogP contribution is 2.45. The molecule has 0 fully saturated rings. The lowest BCUT2D eigenvalue weighted by Crippen LogP contribution is -2.31. The maximum absolute atomic E-state index is 5.51. The Hall–Kier alpha value is -0.670. The summed E-state index contributed by atoms with van der Waals surface area (Å²) in [6.07, 6.45) is 2.30. The van der Waals surface area contributed by atoms with Gasteiger partial charge in [0.1, 0.15) is 6.23 Å². The van der Waals surface area contributed by atoms with E-state index in [1.165, 1.54) is 11.3 Å². The summed E-state index contributed by atoms with van der Waals surface area (Å²) >= 11 is 1.84. The number of anilines is 1. The smallest absolute Gasteiger partial charge is 0.145 e. The van der Waals surface area contributed by atoms with E-state index < -0.39 is 0 Å². The largest absolute Gasteiger partial charge is 0.360 e. The van der Waals surface area contributed by atoms with Gasteiger partial charge in [-0.05, 0) is 17.9 Å². The van der Waals surface area contributed by atoms with E-state index in [2.05, 4.69) is 42.5 Å². The lowest BCUT2D eigenvalue weighted by atomic mass is 10.1. The van der Waals surface area contributed by atoms with Crippen molar-refractivity contribution in [1.29, 1.82) is 0 Å². The quantitative estimate of drug-likeness (QED) is 0.742. The number of thioether (sulfide) groups is 1. The third-order valence-electron chi connectivity index (χ3n) is 2.76. The van der Waals surface area contributed by atoms with Crippen molar-refractivity contribution >= 4 is 17.4 Å². The van der Waals surface area contributed by atoms with Crippen LogP contribution in [0, 0.1) is 0 Å². The van der Waals surface area contributed by atoms with Crippen LogP contribution >= 0.6 is 11.8 Å². The van der Waals surface area contributed by atoms with Crippen molar-refractivity contribution in [2.24, 2.45) is 0 Å². The van der Waals surface area contributed by atoms with Crippen molar-refractivity contribution in [1.82, 2.24) is 0 Å². The van der Waals surface area contributed by atoms with Crippen LogP contribution in [0.5, 0.6) is 0 Å². The van der Waals surface area contributed by atoms with Crippen molar-refractivity contribution in [2.75, 3.05) is 25.3 Å². The second-order valence-electron chi connectivity index (χ2n) is 3.45. The number of hydrogen-bond donors (Lipinski definition) is 0. The van der Waals surface area contributed by atoms with E-state index in [0.29, 0.717) is 5.25 Å². The number of benzene rings is 1. The molecular formula is C11H15NOS. The molecule has 76 valence electrons. The van der Waals surface area contributed by atoms with Crippen LogP contribution in [0.4, 0.5) is 5.69 Å². The maximum Gasteiger partial charge on any atom is 0.145 e. The number of fused-ring (bicyclic) bond motifs is 1. The van der Waals surface area contributed by atoms with Crippen LogP contribution in [0.2, 0.25) is 0 Å². The first-order valence-electron chi connectivity index (χ1n) is 4.67. The van der Waals surface area contributed by atoms with Crippen molar-refractivity contribution in [3.05, 3.63) is 29.8 Å². The molecule has 2 unspecified atom stereocenters. The van der Waals surface area contributed by atoms with Crippen LogP contribution in [0.15, 0.2) is 24.3 Å². The van der Waals surface area contributed by atoms with Gasteiger partial charge in [-0.3, -0.25) is 0 Å². The molecule has 1 aromatic carbocycles. The van der Waals surface area contributed by atoms with Gasteiger partial charge in [-0.2, -0.15) is 11.8 Å². The van der Waals surface area contributed by atoms with Crippen LogP contribution in [0.1, 0.15) is 10.8 Å². The Bertz CT molecular complexity index is 329. The molecule has 0 saturated heterocycles. The summed E-state index contributed by atoms with van der Waals surface area (Å²) < 4.78 is 5.51. The van der Waals surface area contributed by atoms with Gasteiger partial charge in [0.05, 0.1) is 5.25 Å². The van der Waals surface area contributed by atoms with Crippen molar-refractivity contribution < 1.29 is 4.74 Å². The van der Waals surface area contributed by atoms with Crippen LogP contribution in [-0.2, 0) is 4.74 Å². The summed E-state index contributed by atoms with van der Waals surface area (Å²) in [6, 6.07) is 8.50. The number of nitrogens with zero attached hydrogens (tertiary/aromatic N) is 1. The van der Waals surface area contributed by atoms with Gasteiger partial charge < -0.3 is 9.64 Å². The van der Waals surface area contributed by atoms with Gasteiger partial charge in [0.25, 0.3) is 0 Å². The Morgan fingerprint density at radius 1 is 1.36 bits per heavy atom. The number of para-hydroxylation sites is 1. The standard InChI is InChI=1S/C11H15NOS/c1-12-9-7-5-4-6-8(9)10(14-3)11(12)13-2/h4-7,10-11H,1-3H3. The zero-order valence-corrected chi connectivity index (χ0v) is 9.54. The topological polar surface area (TPSA) is 12.5 Å². The van der Waals surface area contributed by atoms with Gasteiger partial charge in [0.15, 0.2) is 0 Å². The zero-order chi connectivity index (χ0) is 10.1. The van der Waals surface area contributed by atoms with Crippen LogP contribution in [-0.4, -0.2) is 26.6 Å². The normalized spacial score (nSPS) is 25.2. The molecule has 0 aromatic heterocycles. The first-order valence-corrected chi connectivity index (χ1v) is 5.95. The molecule has 0 bridgehead atoms. The molecule has 1 aliphatic heterocycles. The van der Waals surface area contributed by atoms with Crippen LogP contribution < -0.4 is 4.90 Å². The Morgan fingerprint density at radius 3 is 2.71 bits per heavy atom. The minimum atomic E-state index is 0.169. The van der Waals surface area contributed by atoms with Crippen molar-refractivity contribution in [3.8, 4) is 0 Å². The van der Waals surface area contributed by atoms with Crippen molar-refractivity contribution in [2.45, 2.75) is 11.5 Å². The predicted octanol–water partition coefficient (Wildman–Crippen LogP) is 2.51. The first kappa shape index (κ1) is 9.87. The average molecular weight is 209 g/mol. The second-order valence-corrected chi connectivity index (χ2v) is 4.43. The molecule has 0 aliphatic carbocycles. The average Bonchev–Trinajstić information content (AvgIpc) is 2.51. The van der Waals surface area contributed by atoms with Crippen molar-refractivity contribution in [3.63, 3.8) is 0 Å². The Morgan fingerprint density at radius 2 is 2.07 bits per heavy atom. The molecule has 0 spiro atoms. The van der Waals surface area contributed by atoms with E-state index >= 15 is 0 Å². The fourth-order valence-corrected chi connectivity index (χ4v) is 3.05. The molecule has 0 saturated carbocycles. The minimum absolute atomic E-state index is 0.169.